The van der Waals surface area contributed by atoms with Crippen LogP contribution in [0.2, 0.25) is 0 Å². The highest BCUT2D eigenvalue weighted by molar-refractivity contribution is 7.09. The number of nitrogens with zero attached hydrogens (tertiary/aromatic N) is 1. The van der Waals surface area contributed by atoms with Gasteiger partial charge in [0.05, 0.1) is 14.2 Å². The number of ether oxygens (including phenoxy) is 2. The molecule has 0 bridgehead atoms. The number of thiazole rings is 1. The Morgan fingerprint density at radius 2 is 2.00 bits per heavy atom. The van der Waals surface area contributed by atoms with Crippen molar-refractivity contribution >= 4 is 23.0 Å². The fourth-order valence-corrected chi connectivity index (χ4v) is 2.53. The number of methoxy groups -OCH3 is 2. The molecule has 0 amide bonds. The summed E-state index contributed by atoms with van der Waals surface area (Å²) in [5, 5.41) is 5.72. The highest BCUT2D eigenvalue weighted by atomic mass is 32.1. The highest BCUT2D eigenvalue weighted by Gasteiger charge is 2.24. The lowest BCUT2D eigenvalue weighted by Gasteiger charge is -2.15. The largest absolute Gasteiger partial charge is 0.497 e. The summed E-state index contributed by atoms with van der Waals surface area (Å²) in [5.41, 5.74) is 1.68. The predicted octanol–water partition coefficient (Wildman–Crippen LogP) is 2.79. The molecule has 0 aliphatic heterocycles. The number of rotatable bonds is 5. The normalized spacial score (nSPS) is 11.8. The standard InChI is InChI=1S/C14H16N2O3S/c1-9-8-20-13(15-9)12(14(17)19-3)16-10-4-6-11(18-2)7-5-10/h4-8,12,16H,1-3H3. The van der Waals surface area contributed by atoms with Gasteiger partial charge < -0.3 is 14.8 Å². The molecule has 106 valence electrons. The zero-order chi connectivity index (χ0) is 14.5. The second kappa shape index (κ2) is 6.38. The van der Waals surface area contributed by atoms with Crippen LogP contribution in [0.25, 0.3) is 0 Å². The van der Waals surface area contributed by atoms with Crippen LogP contribution >= 0.6 is 11.3 Å². The van der Waals surface area contributed by atoms with Gasteiger partial charge in [-0.3, -0.25) is 0 Å². The van der Waals surface area contributed by atoms with Crippen LogP contribution in [0.1, 0.15) is 16.7 Å². The van der Waals surface area contributed by atoms with Crippen molar-refractivity contribution in [2.24, 2.45) is 0 Å². The van der Waals surface area contributed by atoms with Gasteiger partial charge in [0, 0.05) is 16.8 Å². The quantitative estimate of drug-likeness (QED) is 0.859. The van der Waals surface area contributed by atoms with E-state index in [0.29, 0.717) is 5.01 Å². The van der Waals surface area contributed by atoms with Gasteiger partial charge in [-0.05, 0) is 31.2 Å². The van der Waals surface area contributed by atoms with Gasteiger partial charge in [-0.2, -0.15) is 0 Å². The number of aryl methyl sites for hydroxylation is 1. The van der Waals surface area contributed by atoms with E-state index in [9.17, 15) is 4.79 Å². The van der Waals surface area contributed by atoms with E-state index in [2.05, 4.69) is 10.3 Å². The van der Waals surface area contributed by atoms with Crippen LogP contribution in [0, 0.1) is 6.92 Å². The van der Waals surface area contributed by atoms with E-state index in [1.54, 1.807) is 7.11 Å². The average Bonchev–Trinajstić information content (AvgIpc) is 2.91. The summed E-state index contributed by atoms with van der Waals surface area (Å²) < 4.78 is 9.93. The summed E-state index contributed by atoms with van der Waals surface area (Å²) in [6.45, 7) is 1.89. The molecule has 1 unspecified atom stereocenters. The van der Waals surface area contributed by atoms with Crippen molar-refractivity contribution < 1.29 is 14.3 Å². The molecular formula is C14H16N2O3S. The maximum absolute atomic E-state index is 11.9. The number of hydrogen-bond donors (Lipinski definition) is 1. The summed E-state index contributed by atoms with van der Waals surface area (Å²) in [4.78, 5) is 16.2. The molecule has 0 saturated carbocycles. The zero-order valence-corrected chi connectivity index (χ0v) is 12.4. The van der Waals surface area contributed by atoms with Crippen molar-refractivity contribution in [3.8, 4) is 5.75 Å². The Balaban J connectivity index is 2.21. The van der Waals surface area contributed by atoms with E-state index < -0.39 is 6.04 Å². The summed E-state index contributed by atoms with van der Waals surface area (Å²) in [7, 11) is 2.98. The number of carbonyl (C=O) groups is 1. The molecule has 2 rings (SSSR count). The highest BCUT2D eigenvalue weighted by Crippen LogP contribution is 2.25. The SMILES string of the molecule is COC(=O)C(Nc1ccc(OC)cc1)c1nc(C)cs1. The van der Waals surface area contributed by atoms with E-state index >= 15 is 0 Å². The minimum atomic E-state index is -0.605. The smallest absolute Gasteiger partial charge is 0.335 e. The van der Waals surface area contributed by atoms with Crippen LogP contribution in [-0.2, 0) is 9.53 Å². The van der Waals surface area contributed by atoms with Crippen LogP contribution in [0.5, 0.6) is 5.75 Å². The van der Waals surface area contributed by atoms with Gasteiger partial charge in [0.2, 0.25) is 0 Å². The van der Waals surface area contributed by atoms with Crippen LogP contribution in [-0.4, -0.2) is 25.2 Å². The molecule has 1 atom stereocenters. The number of nitrogens with one attached hydrogen (secondary N) is 1. The first-order chi connectivity index (χ1) is 9.63. The minimum Gasteiger partial charge on any atom is -0.497 e. The second-order valence-corrected chi connectivity index (χ2v) is 5.05. The van der Waals surface area contributed by atoms with E-state index in [-0.39, 0.29) is 5.97 Å². The molecule has 6 heteroatoms. The molecule has 0 fully saturated rings. The van der Waals surface area contributed by atoms with Gasteiger partial charge in [-0.1, -0.05) is 0 Å². The molecule has 1 N–H and O–H groups in total. The van der Waals surface area contributed by atoms with Gasteiger partial charge in [-0.15, -0.1) is 11.3 Å². The first kappa shape index (κ1) is 14.3. The lowest BCUT2D eigenvalue weighted by molar-refractivity contribution is -0.141. The fourth-order valence-electron chi connectivity index (χ4n) is 1.70. The van der Waals surface area contributed by atoms with E-state index in [0.717, 1.165) is 17.1 Å². The Kier molecular flexibility index (Phi) is 4.57. The third-order valence-electron chi connectivity index (χ3n) is 2.72. The van der Waals surface area contributed by atoms with Crippen molar-refractivity contribution in [2.45, 2.75) is 13.0 Å². The van der Waals surface area contributed by atoms with Crippen molar-refractivity contribution in [3.63, 3.8) is 0 Å². The number of carbonyl (C=O) groups excluding carboxylic acids is 1. The van der Waals surface area contributed by atoms with Crippen LogP contribution in [0.15, 0.2) is 29.6 Å². The van der Waals surface area contributed by atoms with E-state index in [4.69, 9.17) is 9.47 Å². The first-order valence-corrected chi connectivity index (χ1v) is 6.92. The molecule has 2 aromatic rings. The van der Waals surface area contributed by atoms with Crippen molar-refractivity contribution in [2.75, 3.05) is 19.5 Å². The summed E-state index contributed by atoms with van der Waals surface area (Å²) in [5.74, 6) is 0.394. The van der Waals surface area contributed by atoms with Crippen molar-refractivity contribution in [3.05, 3.63) is 40.3 Å². The van der Waals surface area contributed by atoms with Gasteiger partial charge in [0.15, 0.2) is 6.04 Å². The van der Waals surface area contributed by atoms with Gasteiger partial charge in [0.1, 0.15) is 10.8 Å². The van der Waals surface area contributed by atoms with Crippen LogP contribution in [0.4, 0.5) is 5.69 Å². The van der Waals surface area contributed by atoms with Gasteiger partial charge >= 0.3 is 5.97 Å². The molecular weight excluding hydrogens is 276 g/mol. The lowest BCUT2D eigenvalue weighted by atomic mass is 10.2. The molecule has 1 aromatic carbocycles. The fraction of sp³-hybridized carbons (Fsp3) is 0.286. The number of benzene rings is 1. The monoisotopic (exact) mass is 292 g/mol. The van der Waals surface area contributed by atoms with E-state index in [1.165, 1.54) is 18.4 Å². The Hall–Kier alpha value is -2.08. The van der Waals surface area contributed by atoms with Crippen molar-refractivity contribution in [1.82, 2.24) is 4.98 Å². The maximum Gasteiger partial charge on any atom is 0.335 e. The second-order valence-electron chi connectivity index (χ2n) is 4.16. The number of esters is 1. The van der Waals surface area contributed by atoms with Crippen LogP contribution < -0.4 is 10.1 Å². The molecule has 1 heterocycles. The topological polar surface area (TPSA) is 60.5 Å². The average molecular weight is 292 g/mol. The number of anilines is 1. The Labute approximate surface area is 121 Å². The summed E-state index contributed by atoms with van der Waals surface area (Å²) >= 11 is 1.43. The molecule has 5 nitrogen and oxygen atoms in total. The predicted molar refractivity (Wildman–Crippen MR) is 78.2 cm³/mol. The molecule has 0 aliphatic rings. The Bertz CT molecular complexity index is 580. The van der Waals surface area contributed by atoms with Gasteiger partial charge in [-0.25, -0.2) is 9.78 Å². The molecule has 0 saturated heterocycles. The lowest BCUT2D eigenvalue weighted by Crippen LogP contribution is -2.22. The molecule has 0 aliphatic carbocycles. The molecule has 0 spiro atoms. The molecule has 1 aromatic heterocycles. The zero-order valence-electron chi connectivity index (χ0n) is 11.5. The minimum absolute atomic E-state index is 0.366. The molecule has 20 heavy (non-hydrogen) atoms. The van der Waals surface area contributed by atoms with Gasteiger partial charge in [0.25, 0.3) is 0 Å². The summed E-state index contributed by atoms with van der Waals surface area (Å²) in [6.07, 6.45) is 0. The number of aromatic nitrogens is 1. The van der Waals surface area contributed by atoms with Crippen LogP contribution in [0.3, 0.4) is 0 Å². The summed E-state index contributed by atoms with van der Waals surface area (Å²) in [6, 6.07) is 6.73. The maximum atomic E-state index is 11.9. The third kappa shape index (κ3) is 3.27. The van der Waals surface area contributed by atoms with E-state index in [1.807, 2.05) is 36.6 Å². The number of hydrogen-bond acceptors (Lipinski definition) is 6. The third-order valence-corrected chi connectivity index (χ3v) is 3.75. The Morgan fingerprint density at radius 3 is 2.50 bits per heavy atom. The molecule has 0 radical (unpaired) electrons. The first-order valence-electron chi connectivity index (χ1n) is 6.04. The van der Waals surface area contributed by atoms with Crippen molar-refractivity contribution in [1.29, 1.82) is 0 Å². The Morgan fingerprint density at radius 1 is 1.30 bits per heavy atom.